The van der Waals surface area contributed by atoms with Crippen molar-refractivity contribution < 1.29 is 17.6 Å². The Bertz CT molecular complexity index is 369. The van der Waals surface area contributed by atoms with Gasteiger partial charge in [-0.3, -0.25) is 0 Å². The third-order valence-electron chi connectivity index (χ3n) is 1.11. The van der Waals surface area contributed by atoms with Crippen molar-refractivity contribution in [2.24, 2.45) is 0 Å². The van der Waals surface area contributed by atoms with E-state index in [4.69, 9.17) is 5.26 Å². The van der Waals surface area contributed by atoms with Crippen LogP contribution in [0.2, 0.25) is 0 Å². The van der Waals surface area contributed by atoms with Gasteiger partial charge in [0, 0.05) is 0 Å². The fourth-order valence-electron chi connectivity index (χ4n) is 0.577. The monoisotopic (exact) mass is 176 g/mol. The van der Waals surface area contributed by atoms with Gasteiger partial charge in [-0.1, -0.05) is 0 Å². The molecule has 0 saturated carbocycles. The maximum absolute atomic E-state index is 12.4. The first-order valence-corrected chi connectivity index (χ1v) is 2.68. The summed E-state index contributed by atoms with van der Waals surface area (Å²) in [5.74, 6) is -7.37. The normalized spacial score (nSPS) is 9.58. The summed E-state index contributed by atoms with van der Waals surface area (Å²) in [5.41, 5.74) is -1.23. The molecule has 0 saturated heterocycles. The van der Waals surface area contributed by atoms with Gasteiger partial charge in [-0.05, 0) is 0 Å². The van der Waals surface area contributed by atoms with Crippen LogP contribution in [0, 0.1) is 34.9 Å². The molecule has 1 aromatic heterocycles. The van der Waals surface area contributed by atoms with E-state index in [1.807, 2.05) is 0 Å². The van der Waals surface area contributed by atoms with E-state index < -0.39 is 29.1 Å². The number of aromatic nitrogens is 1. The van der Waals surface area contributed by atoms with E-state index in [1.54, 1.807) is 0 Å². The number of nitriles is 1. The Hall–Kier alpha value is -1.64. The quantitative estimate of drug-likeness (QED) is 0.443. The highest BCUT2D eigenvalue weighted by Crippen LogP contribution is 2.14. The van der Waals surface area contributed by atoms with Crippen LogP contribution < -0.4 is 0 Å². The van der Waals surface area contributed by atoms with Gasteiger partial charge in [0.25, 0.3) is 5.95 Å². The van der Waals surface area contributed by atoms with Crippen molar-refractivity contribution in [2.75, 3.05) is 0 Å². The number of hydrogen-bond donors (Lipinski definition) is 0. The third kappa shape index (κ3) is 1.09. The van der Waals surface area contributed by atoms with Gasteiger partial charge in [-0.25, -0.2) is 4.39 Å². The Balaban J connectivity index is 3.54. The molecule has 0 fully saturated rings. The molecule has 0 aliphatic heterocycles. The standard InChI is InChI=1S/C6F4N2/c7-3-2(1-11)5(9)12-6(10)4(3)8. The number of pyridine rings is 1. The van der Waals surface area contributed by atoms with Crippen molar-refractivity contribution in [1.29, 1.82) is 5.26 Å². The van der Waals surface area contributed by atoms with Crippen LogP contribution in [-0.2, 0) is 0 Å². The molecule has 0 unspecified atom stereocenters. The summed E-state index contributed by atoms with van der Waals surface area (Å²) >= 11 is 0. The average molecular weight is 176 g/mol. The Morgan fingerprint density at radius 2 is 1.58 bits per heavy atom. The van der Waals surface area contributed by atoms with E-state index in [0.717, 1.165) is 6.07 Å². The largest absolute Gasteiger partial charge is 0.254 e. The number of hydrogen-bond acceptors (Lipinski definition) is 2. The highest BCUT2D eigenvalue weighted by atomic mass is 19.2. The summed E-state index contributed by atoms with van der Waals surface area (Å²) in [7, 11) is 0. The summed E-state index contributed by atoms with van der Waals surface area (Å²) in [4.78, 5) is 2.33. The highest BCUT2D eigenvalue weighted by molar-refractivity contribution is 5.28. The minimum Gasteiger partial charge on any atom is -0.202 e. The van der Waals surface area contributed by atoms with Crippen molar-refractivity contribution in [3.63, 3.8) is 0 Å². The van der Waals surface area contributed by atoms with Gasteiger partial charge in [0.2, 0.25) is 11.8 Å². The maximum Gasteiger partial charge on any atom is 0.254 e. The predicted molar refractivity (Wildman–Crippen MR) is 28.8 cm³/mol. The zero-order valence-electron chi connectivity index (χ0n) is 5.41. The number of halogens is 4. The molecule has 0 radical (unpaired) electrons. The fourth-order valence-corrected chi connectivity index (χ4v) is 0.577. The van der Waals surface area contributed by atoms with E-state index in [9.17, 15) is 17.6 Å². The van der Waals surface area contributed by atoms with Gasteiger partial charge in [0.15, 0.2) is 5.82 Å². The molecule has 0 aliphatic rings. The molecule has 1 rings (SSSR count). The van der Waals surface area contributed by atoms with Gasteiger partial charge < -0.3 is 0 Å². The molecule has 1 aromatic rings. The fraction of sp³-hybridized carbons (Fsp3) is 0. The van der Waals surface area contributed by atoms with Gasteiger partial charge >= 0.3 is 0 Å². The zero-order chi connectivity index (χ0) is 9.30. The van der Waals surface area contributed by atoms with Crippen LogP contribution in [0.15, 0.2) is 0 Å². The molecule has 0 N–H and O–H groups in total. The summed E-state index contributed by atoms with van der Waals surface area (Å²) < 4.78 is 49.0. The van der Waals surface area contributed by atoms with Crippen LogP contribution in [0.4, 0.5) is 17.6 Å². The first-order chi connectivity index (χ1) is 5.57. The van der Waals surface area contributed by atoms with Crippen LogP contribution in [0.3, 0.4) is 0 Å². The Morgan fingerprint density at radius 3 is 2.08 bits per heavy atom. The molecule has 0 bridgehead atoms. The summed E-state index contributed by atoms with van der Waals surface area (Å²) in [5, 5.41) is 8.06. The lowest BCUT2D eigenvalue weighted by Gasteiger charge is -1.96. The zero-order valence-corrected chi connectivity index (χ0v) is 5.41. The second-order valence-corrected chi connectivity index (χ2v) is 1.81. The number of nitrogens with zero attached hydrogens (tertiary/aromatic N) is 2. The molecule has 0 spiro atoms. The lowest BCUT2D eigenvalue weighted by atomic mass is 10.3. The first kappa shape index (κ1) is 8.46. The Labute approximate surface area is 64.1 Å². The van der Waals surface area contributed by atoms with Gasteiger partial charge in [0.05, 0.1) is 0 Å². The van der Waals surface area contributed by atoms with E-state index in [2.05, 4.69) is 4.98 Å². The Morgan fingerprint density at radius 1 is 1.00 bits per heavy atom. The number of rotatable bonds is 0. The minimum atomic E-state index is -1.95. The van der Waals surface area contributed by atoms with E-state index in [0.29, 0.717) is 0 Å². The molecule has 12 heavy (non-hydrogen) atoms. The van der Waals surface area contributed by atoms with Crippen LogP contribution in [0.1, 0.15) is 5.56 Å². The summed E-state index contributed by atoms with van der Waals surface area (Å²) in [6, 6.07) is 1.01. The van der Waals surface area contributed by atoms with Crippen molar-refractivity contribution in [3.05, 3.63) is 29.1 Å². The molecular weight excluding hydrogens is 176 g/mol. The van der Waals surface area contributed by atoms with Crippen molar-refractivity contribution in [3.8, 4) is 6.07 Å². The van der Waals surface area contributed by atoms with Crippen LogP contribution >= 0.6 is 0 Å². The van der Waals surface area contributed by atoms with E-state index in [1.165, 1.54) is 0 Å². The Kier molecular flexibility index (Phi) is 1.95. The second-order valence-electron chi connectivity index (χ2n) is 1.81. The molecule has 6 heteroatoms. The molecular formula is C6F4N2. The highest BCUT2D eigenvalue weighted by Gasteiger charge is 2.19. The molecule has 0 amide bonds. The lowest BCUT2D eigenvalue weighted by Crippen LogP contribution is -2.03. The topological polar surface area (TPSA) is 36.7 Å². The smallest absolute Gasteiger partial charge is 0.202 e. The molecule has 0 aromatic carbocycles. The van der Waals surface area contributed by atoms with Gasteiger partial charge in [-0.2, -0.15) is 23.4 Å². The third-order valence-corrected chi connectivity index (χ3v) is 1.11. The molecule has 1 heterocycles. The van der Waals surface area contributed by atoms with Crippen molar-refractivity contribution >= 4 is 0 Å². The van der Waals surface area contributed by atoms with E-state index >= 15 is 0 Å². The van der Waals surface area contributed by atoms with E-state index in [-0.39, 0.29) is 0 Å². The SMILES string of the molecule is N#Cc1c(F)nc(F)c(F)c1F. The summed E-state index contributed by atoms with van der Waals surface area (Å²) in [6.07, 6.45) is 0. The van der Waals surface area contributed by atoms with Gasteiger partial charge in [-0.15, -0.1) is 0 Å². The average Bonchev–Trinajstić information content (AvgIpc) is 2.01. The maximum atomic E-state index is 12.4. The minimum absolute atomic E-state index is 1.01. The molecule has 62 valence electrons. The van der Waals surface area contributed by atoms with Crippen molar-refractivity contribution in [2.45, 2.75) is 0 Å². The molecule has 2 nitrogen and oxygen atoms in total. The van der Waals surface area contributed by atoms with Crippen LogP contribution in [-0.4, -0.2) is 4.98 Å². The lowest BCUT2D eigenvalue weighted by molar-refractivity contribution is 0.399. The van der Waals surface area contributed by atoms with Crippen molar-refractivity contribution in [1.82, 2.24) is 4.98 Å². The van der Waals surface area contributed by atoms with Crippen LogP contribution in [0.5, 0.6) is 0 Å². The second kappa shape index (κ2) is 2.77. The first-order valence-electron chi connectivity index (χ1n) is 2.68. The van der Waals surface area contributed by atoms with Gasteiger partial charge in [0.1, 0.15) is 11.6 Å². The predicted octanol–water partition coefficient (Wildman–Crippen LogP) is 1.51. The summed E-state index contributed by atoms with van der Waals surface area (Å²) in [6.45, 7) is 0. The molecule has 0 atom stereocenters. The van der Waals surface area contributed by atoms with Crippen LogP contribution in [0.25, 0.3) is 0 Å². The molecule has 0 aliphatic carbocycles.